The second-order valence-corrected chi connectivity index (χ2v) is 8.93. The number of nitrogens with one attached hydrogen (secondary N) is 1. The zero-order valence-corrected chi connectivity index (χ0v) is 19.9. The molecule has 2 aromatic rings. The lowest BCUT2D eigenvalue weighted by Crippen LogP contribution is -2.50. The Morgan fingerprint density at radius 3 is 2.16 bits per heavy atom. The molecule has 4 heteroatoms. The number of hydrogen-bond acceptors (Lipinski definition) is 2. The fraction of sp³-hybridized carbons (Fsp3) is 0.481. The van der Waals surface area contributed by atoms with E-state index in [1.54, 1.807) is 4.90 Å². The van der Waals surface area contributed by atoms with Gasteiger partial charge in [-0.05, 0) is 61.8 Å². The molecular weight excluding hydrogens is 384 g/mol. The van der Waals surface area contributed by atoms with Crippen LogP contribution in [0.1, 0.15) is 75.6 Å². The van der Waals surface area contributed by atoms with E-state index in [9.17, 15) is 9.59 Å². The van der Waals surface area contributed by atoms with Crippen molar-refractivity contribution in [2.24, 2.45) is 0 Å². The lowest BCUT2D eigenvalue weighted by atomic mass is 10.00. The summed E-state index contributed by atoms with van der Waals surface area (Å²) in [6.07, 6.45) is 1.64. The van der Waals surface area contributed by atoms with E-state index in [1.165, 1.54) is 5.56 Å². The van der Waals surface area contributed by atoms with E-state index in [2.05, 4.69) is 43.4 Å². The van der Waals surface area contributed by atoms with E-state index in [-0.39, 0.29) is 17.9 Å². The zero-order valence-electron chi connectivity index (χ0n) is 19.9. The molecule has 0 unspecified atom stereocenters. The molecule has 0 aliphatic carbocycles. The molecule has 4 nitrogen and oxygen atoms in total. The van der Waals surface area contributed by atoms with Crippen molar-refractivity contribution < 1.29 is 9.59 Å². The van der Waals surface area contributed by atoms with Gasteiger partial charge in [-0.2, -0.15) is 0 Å². The van der Waals surface area contributed by atoms with Crippen LogP contribution in [0.4, 0.5) is 0 Å². The molecule has 2 aromatic carbocycles. The molecule has 0 saturated heterocycles. The van der Waals surface area contributed by atoms with Crippen molar-refractivity contribution in [3.63, 3.8) is 0 Å². The average Bonchev–Trinajstić information content (AvgIpc) is 2.73. The Morgan fingerprint density at radius 1 is 0.968 bits per heavy atom. The number of carbonyl (C=O) groups excluding carboxylic acids is 2. The number of carbonyl (C=O) groups is 2. The van der Waals surface area contributed by atoms with Crippen molar-refractivity contribution in [2.45, 2.75) is 85.4 Å². The molecule has 0 aliphatic rings. The van der Waals surface area contributed by atoms with Crippen LogP contribution in [0, 0.1) is 6.92 Å². The SMILES string of the molecule is CC[C@H](C(=O)NC(C)C)N(Cc1ccccc1C)C(=O)CCc1ccc(C(C)C)cc1. The van der Waals surface area contributed by atoms with Crippen LogP contribution in [0.25, 0.3) is 0 Å². The van der Waals surface area contributed by atoms with Crippen molar-refractivity contribution in [1.29, 1.82) is 0 Å². The smallest absolute Gasteiger partial charge is 0.243 e. The van der Waals surface area contributed by atoms with Gasteiger partial charge in [0.05, 0.1) is 0 Å². The Morgan fingerprint density at radius 2 is 1.61 bits per heavy atom. The lowest BCUT2D eigenvalue weighted by molar-refractivity contribution is -0.141. The van der Waals surface area contributed by atoms with Crippen LogP contribution in [0.5, 0.6) is 0 Å². The summed E-state index contributed by atoms with van der Waals surface area (Å²) in [5.41, 5.74) is 4.65. The highest BCUT2D eigenvalue weighted by Gasteiger charge is 2.29. The summed E-state index contributed by atoms with van der Waals surface area (Å²) in [5, 5.41) is 2.99. The van der Waals surface area contributed by atoms with Gasteiger partial charge in [0.2, 0.25) is 11.8 Å². The number of hydrogen-bond donors (Lipinski definition) is 1. The topological polar surface area (TPSA) is 49.4 Å². The average molecular weight is 423 g/mol. The first-order chi connectivity index (χ1) is 14.7. The van der Waals surface area contributed by atoms with Crippen LogP contribution in [-0.4, -0.2) is 28.8 Å². The van der Waals surface area contributed by atoms with Crippen molar-refractivity contribution in [1.82, 2.24) is 10.2 Å². The molecule has 0 saturated carbocycles. The largest absolute Gasteiger partial charge is 0.352 e. The quantitative estimate of drug-likeness (QED) is 0.559. The molecule has 0 aliphatic heterocycles. The van der Waals surface area contributed by atoms with E-state index in [0.717, 1.165) is 16.7 Å². The third kappa shape index (κ3) is 7.23. The van der Waals surface area contributed by atoms with Crippen LogP contribution in [-0.2, 0) is 22.6 Å². The number of rotatable bonds is 10. The monoisotopic (exact) mass is 422 g/mol. The van der Waals surface area contributed by atoms with Crippen molar-refractivity contribution in [3.8, 4) is 0 Å². The number of aryl methyl sites for hydroxylation is 2. The minimum Gasteiger partial charge on any atom is -0.352 e. The van der Waals surface area contributed by atoms with Gasteiger partial charge < -0.3 is 10.2 Å². The molecule has 31 heavy (non-hydrogen) atoms. The van der Waals surface area contributed by atoms with Crippen LogP contribution in [0.2, 0.25) is 0 Å². The minimum absolute atomic E-state index is 0.0157. The van der Waals surface area contributed by atoms with Gasteiger partial charge in [-0.15, -0.1) is 0 Å². The fourth-order valence-corrected chi connectivity index (χ4v) is 3.74. The first-order valence-electron chi connectivity index (χ1n) is 11.5. The Balaban J connectivity index is 2.20. The standard InChI is InChI=1S/C27H38N2O2/c1-7-25(27(31)28-20(4)5)29(18-24-11-9-8-10-21(24)6)26(30)17-14-22-12-15-23(16-13-22)19(2)3/h8-13,15-16,19-20,25H,7,14,17-18H2,1-6H3,(H,28,31)/t25-/m1/s1. The third-order valence-corrected chi connectivity index (χ3v) is 5.69. The maximum absolute atomic E-state index is 13.3. The summed E-state index contributed by atoms with van der Waals surface area (Å²) in [4.78, 5) is 28.0. The summed E-state index contributed by atoms with van der Waals surface area (Å²) in [7, 11) is 0. The van der Waals surface area contributed by atoms with Gasteiger partial charge in [-0.25, -0.2) is 0 Å². The zero-order chi connectivity index (χ0) is 23.0. The maximum Gasteiger partial charge on any atom is 0.243 e. The van der Waals surface area contributed by atoms with Gasteiger partial charge in [0.15, 0.2) is 0 Å². The van der Waals surface area contributed by atoms with E-state index < -0.39 is 6.04 Å². The number of nitrogens with zero attached hydrogens (tertiary/aromatic N) is 1. The summed E-state index contributed by atoms with van der Waals surface area (Å²) >= 11 is 0. The van der Waals surface area contributed by atoms with Crippen LogP contribution in [0.3, 0.4) is 0 Å². The molecule has 1 N–H and O–H groups in total. The molecule has 0 radical (unpaired) electrons. The van der Waals surface area contributed by atoms with E-state index in [1.807, 2.05) is 52.0 Å². The number of amides is 2. The summed E-state index contributed by atoms with van der Waals surface area (Å²) in [5.74, 6) is 0.424. The first kappa shape index (κ1) is 24.6. The Kier molecular flexibility index (Phi) is 9.29. The van der Waals surface area contributed by atoms with Gasteiger partial charge in [0.25, 0.3) is 0 Å². The van der Waals surface area contributed by atoms with Gasteiger partial charge in [0.1, 0.15) is 6.04 Å². The lowest BCUT2D eigenvalue weighted by Gasteiger charge is -2.31. The third-order valence-electron chi connectivity index (χ3n) is 5.69. The first-order valence-corrected chi connectivity index (χ1v) is 11.5. The van der Waals surface area contributed by atoms with Crippen molar-refractivity contribution in [2.75, 3.05) is 0 Å². The van der Waals surface area contributed by atoms with E-state index in [0.29, 0.717) is 31.7 Å². The summed E-state index contributed by atoms with van der Waals surface area (Å²) < 4.78 is 0. The van der Waals surface area contributed by atoms with Gasteiger partial charge in [-0.3, -0.25) is 9.59 Å². The maximum atomic E-state index is 13.3. The highest BCUT2D eigenvalue weighted by Crippen LogP contribution is 2.19. The van der Waals surface area contributed by atoms with Crippen LogP contribution in [0.15, 0.2) is 48.5 Å². The molecule has 0 heterocycles. The molecule has 2 rings (SSSR count). The number of benzene rings is 2. The second-order valence-electron chi connectivity index (χ2n) is 8.93. The Bertz CT molecular complexity index is 856. The predicted molar refractivity (Wildman–Crippen MR) is 128 cm³/mol. The van der Waals surface area contributed by atoms with Crippen molar-refractivity contribution in [3.05, 3.63) is 70.8 Å². The summed E-state index contributed by atoms with van der Waals surface area (Å²) in [6.45, 7) is 12.7. The molecule has 168 valence electrons. The predicted octanol–water partition coefficient (Wildman–Crippen LogP) is 5.38. The molecule has 0 aromatic heterocycles. The minimum atomic E-state index is -0.474. The molecular formula is C27H38N2O2. The van der Waals surface area contributed by atoms with E-state index in [4.69, 9.17) is 0 Å². The van der Waals surface area contributed by atoms with Crippen LogP contribution < -0.4 is 5.32 Å². The summed E-state index contributed by atoms with van der Waals surface area (Å²) in [6, 6.07) is 16.1. The van der Waals surface area contributed by atoms with Gasteiger partial charge >= 0.3 is 0 Å². The molecule has 0 fully saturated rings. The van der Waals surface area contributed by atoms with E-state index >= 15 is 0 Å². The highest BCUT2D eigenvalue weighted by molar-refractivity contribution is 5.87. The fourth-order valence-electron chi connectivity index (χ4n) is 3.74. The second kappa shape index (κ2) is 11.7. The Hall–Kier alpha value is -2.62. The molecule has 2 amide bonds. The van der Waals surface area contributed by atoms with Crippen molar-refractivity contribution >= 4 is 11.8 Å². The van der Waals surface area contributed by atoms with Gasteiger partial charge in [0, 0.05) is 19.0 Å². The molecule has 0 bridgehead atoms. The Labute approximate surface area is 188 Å². The van der Waals surface area contributed by atoms with Crippen LogP contribution >= 0.6 is 0 Å². The molecule has 1 atom stereocenters. The molecule has 0 spiro atoms. The normalized spacial score (nSPS) is 12.1. The van der Waals surface area contributed by atoms with Gasteiger partial charge in [-0.1, -0.05) is 69.3 Å². The highest BCUT2D eigenvalue weighted by atomic mass is 16.2.